The topological polar surface area (TPSA) is 53.4 Å². The van der Waals surface area contributed by atoms with E-state index < -0.39 is 6.09 Å². The molecule has 1 aromatic rings. The molecule has 0 unspecified atom stereocenters. The Labute approximate surface area is 69.5 Å². The maximum Gasteiger partial charge on any atom is 0.407 e. The van der Waals surface area contributed by atoms with Crippen molar-refractivity contribution in [1.82, 2.24) is 9.88 Å². The number of carbonyl (C=O) groups is 1. The first-order valence-electron chi connectivity index (χ1n) is 3.68. The zero-order valence-corrected chi connectivity index (χ0v) is 6.40. The van der Waals surface area contributed by atoms with Gasteiger partial charge in [-0.15, -0.1) is 0 Å². The Morgan fingerprint density at radius 2 is 2.42 bits per heavy atom. The average Bonchev–Trinajstić information content (AvgIpc) is 2.46. The SMILES string of the molecule is O=C(O)N1Cc2cccnc2C1. The average molecular weight is 164 g/mol. The zero-order valence-electron chi connectivity index (χ0n) is 6.40. The molecule has 2 heterocycles. The molecule has 0 saturated carbocycles. The van der Waals surface area contributed by atoms with Crippen molar-refractivity contribution >= 4 is 6.09 Å². The highest BCUT2D eigenvalue weighted by Gasteiger charge is 2.22. The minimum atomic E-state index is -0.881. The third-order valence-electron chi connectivity index (χ3n) is 1.96. The van der Waals surface area contributed by atoms with Gasteiger partial charge in [0.25, 0.3) is 0 Å². The normalized spacial score (nSPS) is 14.5. The maximum atomic E-state index is 10.6. The third-order valence-corrected chi connectivity index (χ3v) is 1.96. The molecule has 0 aromatic carbocycles. The highest BCUT2D eigenvalue weighted by molar-refractivity contribution is 5.66. The molecule has 0 saturated heterocycles. The van der Waals surface area contributed by atoms with Gasteiger partial charge < -0.3 is 5.11 Å². The highest BCUT2D eigenvalue weighted by Crippen LogP contribution is 2.19. The molecule has 1 amide bonds. The Morgan fingerprint density at radius 1 is 1.58 bits per heavy atom. The Kier molecular flexibility index (Phi) is 1.46. The lowest BCUT2D eigenvalue weighted by Gasteiger charge is -2.07. The summed E-state index contributed by atoms with van der Waals surface area (Å²) in [6.45, 7) is 0.893. The molecule has 1 aliphatic rings. The second kappa shape index (κ2) is 2.48. The molecule has 0 atom stereocenters. The van der Waals surface area contributed by atoms with Gasteiger partial charge in [0.05, 0.1) is 18.8 Å². The number of carboxylic acid groups (broad SMARTS) is 1. The van der Waals surface area contributed by atoms with Gasteiger partial charge in [0.1, 0.15) is 0 Å². The number of rotatable bonds is 0. The number of hydrogen-bond acceptors (Lipinski definition) is 2. The van der Waals surface area contributed by atoms with Gasteiger partial charge in [-0.2, -0.15) is 0 Å². The number of pyridine rings is 1. The third kappa shape index (κ3) is 1.01. The van der Waals surface area contributed by atoms with E-state index in [1.54, 1.807) is 6.20 Å². The zero-order chi connectivity index (χ0) is 8.55. The van der Waals surface area contributed by atoms with Gasteiger partial charge in [-0.05, 0) is 11.6 Å². The molecule has 4 heteroatoms. The van der Waals surface area contributed by atoms with Crippen molar-refractivity contribution in [2.24, 2.45) is 0 Å². The van der Waals surface area contributed by atoms with Crippen LogP contribution in [0.5, 0.6) is 0 Å². The molecule has 12 heavy (non-hydrogen) atoms. The predicted octanol–water partition coefficient (Wildman–Crippen LogP) is 1.08. The van der Waals surface area contributed by atoms with Crippen LogP contribution in [0.3, 0.4) is 0 Å². The lowest BCUT2D eigenvalue weighted by Crippen LogP contribution is -2.22. The van der Waals surface area contributed by atoms with Crippen LogP contribution in [0.4, 0.5) is 4.79 Å². The van der Waals surface area contributed by atoms with Gasteiger partial charge in [0, 0.05) is 6.20 Å². The number of amides is 1. The monoisotopic (exact) mass is 164 g/mol. The molecule has 0 radical (unpaired) electrons. The van der Waals surface area contributed by atoms with Crippen LogP contribution < -0.4 is 0 Å². The van der Waals surface area contributed by atoms with E-state index in [2.05, 4.69) is 4.98 Å². The highest BCUT2D eigenvalue weighted by atomic mass is 16.4. The van der Waals surface area contributed by atoms with Crippen molar-refractivity contribution in [2.45, 2.75) is 13.1 Å². The standard InChI is InChI=1S/C8H8N2O2/c11-8(12)10-4-6-2-1-3-9-7(6)5-10/h1-3H,4-5H2,(H,11,12). The van der Waals surface area contributed by atoms with Crippen LogP contribution in [-0.2, 0) is 13.1 Å². The largest absolute Gasteiger partial charge is 0.465 e. The first kappa shape index (κ1) is 7.09. The van der Waals surface area contributed by atoms with Crippen LogP contribution in [0.2, 0.25) is 0 Å². The minimum absolute atomic E-state index is 0.422. The number of hydrogen-bond donors (Lipinski definition) is 1. The van der Waals surface area contributed by atoms with Crippen LogP contribution in [0.25, 0.3) is 0 Å². The molecule has 1 aromatic heterocycles. The summed E-state index contributed by atoms with van der Waals surface area (Å²) >= 11 is 0. The van der Waals surface area contributed by atoms with Gasteiger partial charge in [0.2, 0.25) is 0 Å². The Hall–Kier alpha value is -1.58. The fraction of sp³-hybridized carbons (Fsp3) is 0.250. The van der Waals surface area contributed by atoms with Crippen molar-refractivity contribution in [3.05, 3.63) is 29.6 Å². The summed E-state index contributed by atoms with van der Waals surface area (Å²) in [5.74, 6) is 0. The van der Waals surface area contributed by atoms with Gasteiger partial charge in [-0.1, -0.05) is 6.07 Å². The van der Waals surface area contributed by atoms with Gasteiger partial charge in [-0.25, -0.2) is 4.79 Å². The summed E-state index contributed by atoms with van der Waals surface area (Å²) < 4.78 is 0. The fourth-order valence-electron chi connectivity index (χ4n) is 1.34. The van der Waals surface area contributed by atoms with Crippen LogP contribution in [0.1, 0.15) is 11.3 Å². The number of aromatic nitrogens is 1. The van der Waals surface area contributed by atoms with Gasteiger partial charge in [0.15, 0.2) is 0 Å². The van der Waals surface area contributed by atoms with E-state index in [1.165, 1.54) is 4.90 Å². The molecule has 2 rings (SSSR count). The Balaban J connectivity index is 2.27. The van der Waals surface area contributed by atoms with Gasteiger partial charge >= 0.3 is 6.09 Å². The van der Waals surface area contributed by atoms with Crippen molar-refractivity contribution in [3.8, 4) is 0 Å². The van der Waals surface area contributed by atoms with E-state index >= 15 is 0 Å². The van der Waals surface area contributed by atoms with Crippen LogP contribution in [0, 0.1) is 0 Å². The molecular weight excluding hydrogens is 156 g/mol. The summed E-state index contributed by atoms with van der Waals surface area (Å²) in [5.41, 5.74) is 1.89. The van der Waals surface area contributed by atoms with E-state index in [0.717, 1.165) is 11.3 Å². The number of nitrogens with zero attached hydrogens (tertiary/aromatic N) is 2. The quantitative estimate of drug-likeness (QED) is 0.624. The van der Waals surface area contributed by atoms with Crippen LogP contribution >= 0.6 is 0 Å². The molecule has 62 valence electrons. The molecule has 0 aliphatic carbocycles. The molecule has 0 spiro atoms. The summed E-state index contributed by atoms with van der Waals surface area (Å²) in [7, 11) is 0. The lowest BCUT2D eigenvalue weighted by atomic mass is 10.2. The van der Waals surface area contributed by atoms with E-state index in [-0.39, 0.29) is 0 Å². The van der Waals surface area contributed by atoms with Crippen molar-refractivity contribution in [2.75, 3.05) is 0 Å². The number of fused-ring (bicyclic) bond motifs is 1. The summed E-state index contributed by atoms with van der Waals surface area (Å²) in [4.78, 5) is 16.0. The lowest BCUT2D eigenvalue weighted by molar-refractivity contribution is 0.145. The summed E-state index contributed by atoms with van der Waals surface area (Å²) in [6.07, 6.45) is 0.803. The molecule has 1 N–H and O–H groups in total. The van der Waals surface area contributed by atoms with Crippen LogP contribution in [-0.4, -0.2) is 21.1 Å². The maximum absolute atomic E-state index is 10.6. The first-order chi connectivity index (χ1) is 5.77. The van der Waals surface area contributed by atoms with Crippen molar-refractivity contribution in [1.29, 1.82) is 0 Å². The second-order valence-electron chi connectivity index (χ2n) is 2.75. The summed E-state index contributed by atoms with van der Waals surface area (Å²) in [5, 5.41) is 8.68. The second-order valence-corrected chi connectivity index (χ2v) is 2.75. The van der Waals surface area contributed by atoms with Crippen molar-refractivity contribution < 1.29 is 9.90 Å². The molecule has 0 fully saturated rings. The fourth-order valence-corrected chi connectivity index (χ4v) is 1.34. The Bertz CT molecular complexity index is 300. The molecule has 1 aliphatic heterocycles. The molecular formula is C8H8N2O2. The predicted molar refractivity (Wildman–Crippen MR) is 41.5 cm³/mol. The smallest absolute Gasteiger partial charge is 0.407 e. The first-order valence-corrected chi connectivity index (χ1v) is 3.68. The van der Waals surface area contributed by atoms with E-state index in [0.29, 0.717) is 13.1 Å². The molecule has 0 bridgehead atoms. The van der Waals surface area contributed by atoms with Crippen LogP contribution in [0.15, 0.2) is 18.3 Å². The van der Waals surface area contributed by atoms with E-state index in [4.69, 9.17) is 5.11 Å². The Morgan fingerprint density at radius 3 is 3.08 bits per heavy atom. The van der Waals surface area contributed by atoms with Gasteiger partial charge in [-0.3, -0.25) is 9.88 Å². The molecule has 4 nitrogen and oxygen atoms in total. The minimum Gasteiger partial charge on any atom is -0.465 e. The van der Waals surface area contributed by atoms with E-state index in [1.807, 2.05) is 12.1 Å². The van der Waals surface area contributed by atoms with Crippen molar-refractivity contribution in [3.63, 3.8) is 0 Å². The van der Waals surface area contributed by atoms with E-state index in [9.17, 15) is 4.79 Å². The summed E-state index contributed by atoms with van der Waals surface area (Å²) in [6, 6.07) is 3.73.